The molecule has 0 saturated carbocycles. The Hall–Kier alpha value is -0.830. The van der Waals surface area contributed by atoms with Crippen molar-refractivity contribution in [3.8, 4) is 0 Å². The molecule has 0 aliphatic carbocycles. The standard InChI is InChI=1S/C17H33N3/c1-4-6-8-10-16(11-9-7-5-2)18-13-12-17-19-14-15-20(17)3/h14-16,18H,4-13H2,1-3H3. The number of imidazole rings is 1. The lowest BCUT2D eigenvalue weighted by molar-refractivity contribution is 0.419. The van der Waals surface area contributed by atoms with Crippen molar-refractivity contribution in [2.24, 2.45) is 7.05 Å². The van der Waals surface area contributed by atoms with Gasteiger partial charge in [0.1, 0.15) is 5.82 Å². The molecule has 1 aromatic rings. The largest absolute Gasteiger partial charge is 0.338 e. The Labute approximate surface area is 125 Å². The first-order valence-electron chi connectivity index (χ1n) is 8.47. The lowest BCUT2D eigenvalue weighted by Crippen LogP contribution is -2.31. The highest BCUT2D eigenvalue weighted by Crippen LogP contribution is 2.11. The second-order valence-corrected chi connectivity index (χ2v) is 5.85. The van der Waals surface area contributed by atoms with E-state index in [0.29, 0.717) is 6.04 Å². The summed E-state index contributed by atoms with van der Waals surface area (Å²) in [5.41, 5.74) is 0. The van der Waals surface area contributed by atoms with Crippen molar-refractivity contribution in [3.63, 3.8) is 0 Å². The molecule has 0 unspecified atom stereocenters. The molecule has 1 aromatic heterocycles. The van der Waals surface area contributed by atoms with Crippen LogP contribution in [0.2, 0.25) is 0 Å². The minimum atomic E-state index is 0.702. The van der Waals surface area contributed by atoms with Gasteiger partial charge in [0, 0.05) is 38.4 Å². The van der Waals surface area contributed by atoms with Gasteiger partial charge >= 0.3 is 0 Å². The Kier molecular flexibility index (Phi) is 9.38. The fraction of sp³-hybridized carbons (Fsp3) is 0.824. The third-order valence-electron chi connectivity index (χ3n) is 4.01. The average molecular weight is 279 g/mol. The Balaban J connectivity index is 2.25. The van der Waals surface area contributed by atoms with E-state index in [0.717, 1.165) is 13.0 Å². The van der Waals surface area contributed by atoms with Crippen LogP contribution < -0.4 is 5.32 Å². The molecular weight excluding hydrogens is 246 g/mol. The first kappa shape index (κ1) is 17.2. The normalized spacial score (nSPS) is 11.4. The summed E-state index contributed by atoms with van der Waals surface area (Å²) in [7, 11) is 2.07. The quantitative estimate of drug-likeness (QED) is 0.584. The van der Waals surface area contributed by atoms with Crippen LogP contribution in [0, 0.1) is 0 Å². The average Bonchev–Trinajstić information content (AvgIpc) is 2.84. The van der Waals surface area contributed by atoms with E-state index in [-0.39, 0.29) is 0 Å². The monoisotopic (exact) mass is 279 g/mol. The predicted octanol–water partition coefficient (Wildman–Crippen LogP) is 4.08. The Morgan fingerprint density at radius 2 is 1.75 bits per heavy atom. The van der Waals surface area contributed by atoms with Gasteiger partial charge in [-0.1, -0.05) is 52.4 Å². The molecule has 0 saturated heterocycles. The summed E-state index contributed by atoms with van der Waals surface area (Å²) in [4.78, 5) is 4.39. The Morgan fingerprint density at radius 3 is 2.25 bits per heavy atom. The summed E-state index contributed by atoms with van der Waals surface area (Å²) in [5, 5.41) is 3.75. The van der Waals surface area contributed by atoms with E-state index in [1.807, 2.05) is 12.4 Å². The summed E-state index contributed by atoms with van der Waals surface area (Å²) < 4.78 is 2.12. The van der Waals surface area contributed by atoms with Gasteiger partial charge in [-0.15, -0.1) is 0 Å². The van der Waals surface area contributed by atoms with Gasteiger partial charge in [0.15, 0.2) is 0 Å². The zero-order valence-electron chi connectivity index (χ0n) is 13.7. The summed E-state index contributed by atoms with van der Waals surface area (Å²) in [6.45, 7) is 5.61. The number of rotatable bonds is 12. The smallest absolute Gasteiger partial charge is 0.109 e. The second kappa shape index (κ2) is 10.9. The zero-order valence-corrected chi connectivity index (χ0v) is 13.7. The molecule has 0 radical (unpaired) electrons. The second-order valence-electron chi connectivity index (χ2n) is 5.85. The van der Waals surface area contributed by atoms with E-state index in [9.17, 15) is 0 Å². The molecule has 1 heterocycles. The van der Waals surface area contributed by atoms with Crippen molar-refractivity contribution in [3.05, 3.63) is 18.2 Å². The van der Waals surface area contributed by atoms with E-state index in [1.165, 1.54) is 57.2 Å². The van der Waals surface area contributed by atoms with Crippen molar-refractivity contribution >= 4 is 0 Å². The summed E-state index contributed by atoms with van der Waals surface area (Å²) >= 11 is 0. The molecule has 116 valence electrons. The van der Waals surface area contributed by atoms with Gasteiger partial charge in [-0.2, -0.15) is 0 Å². The minimum Gasteiger partial charge on any atom is -0.338 e. The van der Waals surface area contributed by atoms with Gasteiger partial charge in [-0.25, -0.2) is 4.98 Å². The van der Waals surface area contributed by atoms with E-state index in [2.05, 4.69) is 35.8 Å². The van der Waals surface area contributed by atoms with Crippen molar-refractivity contribution < 1.29 is 0 Å². The third kappa shape index (κ3) is 7.09. The SMILES string of the molecule is CCCCCC(CCCCC)NCCc1nccn1C. The molecule has 3 nitrogen and oxygen atoms in total. The van der Waals surface area contributed by atoms with E-state index in [1.54, 1.807) is 0 Å². The van der Waals surface area contributed by atoms with Crippen molar-refractivity contribution in [1.29, 1.82) is 0 Å². The fourth-order valence-electron chi connectivity index (χ4n) is 2.66. The Morgan fingerprint density at radius 1 is 1.10 bits per heavy atom. The van der Waals surface area contributed by atoms with Crippen molar-refractivity contribution in [2.45, 2.75) is 77.7 Å². The van der Waals surface area contributed by atoms with Crippen molar-refractivity contribution in [2.75, 3.05) is 6.54 Å². The number of nitrogens with one attached hydrogen (secondary N) is 1. The molecule has 0 bridgehead atoms. The van der Waals surface area contributed by atoms with Crippen LogP contribution in [0.4, 0.5) is 0 Å². The van der Waals surface area contributed by atoms with Gasteiger partial charge in [0.2, 0.25) is 0 Å². The maximum Gasteiger partial charge on any atom is 0.109 e. The first-order chi connectivity index (χ1) is 9.77. The molecule has 0 aliphatic heterocycles. The van der Waals surface area contributed by atoms with E-state index >= 15 is 0 Å². The molecule has 1 rings (SSSR count). The highest BCUT2D eigenvalue weighted by Gasteiger charge is 2.08. The number of hydrogen-bond acceptors (Lipinski definition) is 2. The van der Waals surface area contributed by atoms with Gasteiger partial charge in [-0.3, -0.25) is 0 Å². The van der Waals surface area contributed by atoms with Crippen LogP contribution in [0.25, 0.3) is 0 Å². The maximum atomic E-state index is 4.39. The molecule has 0 aliphatic rings. The summed E-state index contributed by atoms with van der Waals surface area (Å²) in [6.07, 6.45) is 15.7. The molecule has 3 heteroatoms. The molecule has 20 heavy (non-hydrogen) atoms. The number of unbranched alkanes of at least 4 members (excludes halogenated alkanes) is 4. The van der Waals surface area contributed by atoms with Crippen LogP contribution in [0.1, 0.15) is 71.0 Å². The summed E-state index contributed by atoms with van der Waals surface area (Å²) in [6, 6.07) is 0.702. The number of aromatic nitrogens is 2. The van der Waals surface area contributed by atoms with E-state index in [4.69, 9.17) is 0 Å². The zero-order chi connectivity index (χ0) is 14.6. The fourth-order valence-corrected chi connectivity index (χ4v) is 2.66. The highest BCUT2D eigenvalue weighted by atomic mass is 15.0. The molecule has 0 atom stereocenters. The minimum absolute atomic E-state index is 0.702. The molecule has 0 fully saturated rings. The highest BCUT2D eigenvalue weighted by molar-refractivity contribution is 4.91. The van der Waals surface area contributed by atoms with Gasteiger partial charge in [0.25, 0.3) is 0 Å². The third-order valence-corrected chi connectivity index (χ3v) is 4.01. The molecule has 1 N–H and O–H groups in total. The van der Waals surface area contributed by atoms with Crippen molar-refractivity contribution in [1.82, 2.24) is 14.9 Å². The summed E-state index contributed by atoms with van der Waals surface area (Å²) in [5.74, 6) is 1.18. The molecule has 0 amide bonds. The topological polar surface area (TPSA) is 29.9 Å². The first-order valence-corrected chi connectivity index (χ1v) is 8.47. The van der Waals surface area contributed by atoms with Gasteiger partial charge in [-0.05, 0) is 12.8 Å². The van der Waals surface area contributed by atoms with Crippen LogP contribution in [-0.4, -0.2) is 22.1 Å². The lowest BCUT2D eigenvalue weighted by atomic mass is 10.0. The van der Waals surface area contributed by atoms with Crippen LogP contribution in [-0.2, 0) is 13.5 Å². The van der Waals surface area contributed by atoms with Gasteiger partial charge < -0.3 is 9.88 Å². The number of hydrogen-bond donors (Lipinski definition) is 1. The predicted molar refractivity (Wildman–Crippen MR) is 87.0 cm³/mol. The van der Waals surface area contributed by atoms with Crippen LogP contribution in [0.15, 0.2) is 12.4 Å². The maximum absolute atomic E-state index is 4.39. The van der Waals surface area contributed by atoms with Crippen LogP contribution >= 0.6 is 0 Å². The molecular formula is C17H33N3. The van der Waals surface area contributed by atoms with Crippen LogP contribution in [0.5, 0.6) is 0 Å². The Bertz CT molecular complexity index is 323. The number of nitrogens with zero attached hydrogens (tertiary/aromatic N) is 2. The number of aryl methyl sites for hydroxylation is 1. The van der Waals surface area contributed by atoms with Gasteiger partial charge in [0.05, 0.1) is 0 Å². The lowest BCUT2D eigenvalue weighted by Gasteiger charge is -2.18. The van der Waals surface area contributed by atoms with E-state index < -0.39 is 0 Å². The van der Waals surface area contributed by atoms with Crippen LogP contribution in [0.3, 0.4) is 0 Å². The molecule has 0 spiro atoms. The molecule has 0 aromatic carbocycles.